The molecule has 0 aromatic heterocycles. The fourth-order valence-electron chi connectivity index (χ4n) is 1.41. The van der Waals surface area contributed by atoms with E-state index < -0.39 is 5.82 Å². The second-order valence-corrected chi connectivity index (χ2v) is 3.99. The van der Waals surface area contributed by atoms with Gasteiger partial charge in [-0.1, -0.05) is 23.6 Å². The fourth-order valence-corrected chi connectivity index (χ4v) is 1.54. The largest absolute Gasteiger partial charge is 0.454 e. The zero-order valence-electron chi connectivity index (χ0n) is 9.36. The molecule has 0 amide bonds. The molecule has 2 aromatic rings. The van der Waals surface area contributed by atoms with Crippen LogP contribution in [0.15, 0.2) is 42.5 Å². The van der Waals surface area contributed by atoms with E-state index in [1.807, 2.05) is 0 Å². The second kappa shape index (κ2) is 5.57. The van der Waals surface area contributed by atoms with Crippen LogP contribution in [-0.2, 0) is 0 Å². The molecule has 0 spiro atoms. The van der Waals surface area contributed by atoms with E-state index in [4.69, 9.17) is 22.8 Å². The lowest BCUT2D eigenvalue weighted by Crippen LogP contribution is -1.90. The van der Waals surface area contributed by atoms with Gasteiger partial charge in [0.2, 0.25) is 0 Å². The van der Waals surface area contributed by atoms with Gasteiger partial charge in [0.05, 0.1) is 6.42 Å². The average Bonchev–Trinajstić information content (AvgIpc) is 2.36. The number of ether oxygens (including phenoxy) is 1. The SMILES string of the molecule is C#C[CH]c1ccc(F)c(Oc2ccc(Cl)cc2)c1. The van der Waals surface area contributed by atoms with Gasteiger partial charge in [0.15, 0.2) is 11.6 Å². The Kier molecular flexibility index (Phi) is 3.86. The highest BCUT2D eigenvalue weighted by atomic mass is 35.5. The summed E-state index contributed by atoms with van der Waals surface area (Å²) in [6.45, 7) is 0. The minimum atomic E-state index is -0.445. The molecule has 89 valence electrons. The molecule has 3 heteroatoms. The van der Waals surface area contributed by atoms with E-state index >= 15 is 0 Å². The molecule has 0 bridgehead atoms. The lowest BCUT2D eigenvalue weighted by Gasteiger charge is -2.08. The maximum Gasteiger partial charge on any atom is 0.165 e. The third-order valence-electron chi connectivity index (χ3n) is 2.25. The lowest BCUT2D eigenvalue weighted by atomic mass is 10.1. The summed E-state index contributed by atoms with van der Waals surface area (Å²) >= 11 is 5.76. The van der Waals surface area contributed by atoms with Crippen molar-refractivity contribution in [3.63, 3.8) is 0 Å². The highest BCUT2D eigenvalue weighted by molar-refractivity contribution is 6.30. The molecule has 0 aliphatic carbocycles. The summed E-state index contributed by atoms with van der Waals surface area (Å²) in [6.07, 6.45) is 6.70. The Hall–Kier alpha value is -1.98. The van der Waals surface area contributed by atoms with E-state index in [1.54, 1.807) is 36.4 Å². The molecular formula is C15H9ClFO. The summed E-state index contributed by atoms with van der Waals surface area (Å²) in [5.74, 6) is 2.57. The van der Waals surface area contributed by atoms with Gasteiger partial charge in [-0.3, -0.25) is 0 Å². The zero-order chi connectivity index (χ0) is 13.0. The normalized spacial score (nSPS) is 9.83. The van der Waals surface area contributed by atoms with Crippen molar-refractivity contribution in [1.82, 2.24) is 0 Å². The van der Waals surface area contributed by atoms with Gasteiger partial charge in [0.25, 0.3) is 0 Å². The Morgan fingerprint density at radius 1 is 1.17 bits per heavy atom. The first-order valence-corrected chi connectivity index (χ1v) is 5.59. The summed E-state index contributed by atoms with van der Waals surface area (Å²) in [5.41, 5.74) is 0.711. The molecule has 1 nitrogen and oxygen atoms in total. The van der Waals surface area contributed by atoms with Crippen molar-refractivity contribution < 1.29 is 9.13 Å². The van der Waals surface area contributed by atoms with E-state index in [-0.39, 0.29) is 5.75 Å². The van der Waals surface area contributed by atoms with E-state index in [0.717, 1.165) is 0 Å². The van der Waals surface area contributed by atoms with Crippen LogP contribution in [0.3, 0.4) is 0 Å². The van der Waals surface area contributed by atoms with E-state index in [9.17, 15) is 4.39 Å². The first-order valence-electron chi connectivity index (χ1n) is 5.21. The van der Waals surface area contributed by atoms with Gasteiger partial charge in [-0.05, 0) is 42.0 Å². The first kappa shape index (κ1) is 12.5. The summed E-state index contributed by atoms with van der Waals surface area (Å²) < 4.78 is 19.0. The molecule has 2 aromatic carbocycles. The maximum atomic E-state index is 13.6. The highest BCUT2D eigenvalue weighted by Gasteiger charge is 2.06. The Morgan fingerprint density at radius 3 is 2.56 bits per heavy atom. The smallest absolute Gasteiger partial charge is 0.165 e. The van der Waals surface area contributed by atoms with Crippen LogP contribution in [0.4, 0.5) is 4.39 Å². The van der Waals surface area contributed by atoms with Gasteiger partial charge < -0.3 is 4.74 Å². The van der Waals surface area contributed by atoms with Crippen LogP contribution in [0, 0.1) is 24.6 Å². The summed E-state index contributed by atoms with van der Waals surface area (Å²) in [7, 11) is 0. The van der Waals surface area contributed by atoms with Crippen LogP contribution in [0.2, 0.25) is 5.02 Å². The second-order valence-electron chi connectivity index (χ2n) is 3.56. The van der Waals surface area contributed by atoms with Crippen molar-refractivity contribution in [2.75, 3.05) is 0 Å². The number of halogens is 2. The third kappa shape index (κ3) is 3.03. The molecule has 0 saturated carbocycles. The molecule has 0 saturated heterocycles. The molecule has 0 heterocycles. The van der Waals surface area contributed by atoms with Crippen molar-refractivity contribution in [3.05, 3.63) is 65.3 Å². The quantitative estimate of drug-likeness (QED) is 0.740. The molecule has 2 rings (SSSR count). The molecule has 0 atom stereocenters. The number of hydrogen-bond donors (Lipinski definition) is 0. The molecule has 0 unspecified atom stereocenters. The maximum absolute atomic E-state index is 13.6. The molecule has 18 heavy (non-hydrogen) atoms. The van der Waals surface area contributed by atoms with Crippen LogP contribution >= 0.6 is 11.6 Å². The van der Waals surface area contributed by atoms with Crippen molar-refractivity contribution in [2.45, 2.75) is 0 Å². The van der Waals surface area contributed by atoms with Crippen molar-refractivity contribution in [3.8, 4) is 23.8 Å². The topological polar surface area (TPSA) is 9.23 Å². The monoisotopic (exact) mass is 259 g/mol. The van der Waals surface area contributed by atoms with Crippen molar-refractivity contribution >= 4 is 11.6 Å². The minimum absolute atomic E-state index is 0.126. The first-order chi connectivity index (χ1) is 8.69. The summed E-state index contributed by atoms with van der Waals surface area (Å²) in [4.78, 5) is 0. The van der Waals surface area contributed by atoms with Crippen LogP contribution < -0.4 is 4.74 Å². The number of rotatable bonds is 3. The molecular weight excluding hydrogens is 251 g/mol. The third-order valence-corrected chi connectivity index (χ3v) is 2.50. The van der Waals surface area contributed by atoms with E-state index in [2.05, 4.69) is 5.92 Å². The molecule has 0 aliphatic rings. The number of hydrogen-bond acceptors (Lipinski definition) is 1. The van der Waals surface area contributed by atoms with Gasteiger partial charge in [-0.15, -0.1) is 6.42 Å². The lowest BCUT2D eigenvalue weighted by molar-refractivity contribution is 0.442. The van der Waals surface area contributed by atoms with Gasteiger partial charge in [-0.25, -0.2) is 4.39 Å². The Bertz CT molecular complexity index is 584. The standard InChI is InChI=1S/C15H9ClFO/c1-2-3-11-4-9-14(17)15(10-11)18-13-7-5-12(16)6-8-13/h1,3-10H. The van der Waals surface area contributed by atoms with Gasteiger partial charge in [0, 0.05) is 5.02 Å². The van der Waals surface area contributed by atoms with E-state index in [0.29, 0.717) is 16.3 Å². The van der Waals surface area contributed by atoms with Crippen LogP contribution in [0.25, 0.3) is 0 Å². The van der Waals surface area contributed by atoms with Gasteiger partial charge in [0.1, 0.15) is 5.75 Å². The average molecular weight is 260 g/mol. The Labute approximate surface area is 110 Å². The minimum Gasteiger partial charge on any atom is -0.454 e. The van der Waals surface area contributed by atoms with Crippen LogP contribution in [0.5, 0.6) is 11.5 Å². The van der Waals surface area contributed by atoms with Crippen molar-refractivity contribution in [2.24, 2.45) is 0 Å². The Morgan fingerprint density at radius 2 is 1.89 bits per heavy atom. The summed E-state index contributed by atoms with van der Waals surface area (Å²) in [6, 6.07) is 11.1. The molecule has 0 N–H and O–H groups in total. The van der Waals surface area contributed by atoms with Crippen LogP contribution in [0.1, 0.15) is 5.56 Å². The predicted molar refractivity (Wildman–Crippen MR) is 70.2 cm³/mol. The molecule has 1 radical (unpaired) electrons. The molecule has 0 fully saturated rings. The van der Waals surface area contributed by atoms with E-state index in [1.165, 1.54) is 12.5 Å². The predicted octanol–water partition coefficient (Wildman–Crippen LogP) is 4.46. The van der Waals surface area contributed by atoms with Gasteiger partial charge in [-0.2, -0.15) is 0 Å². The van der Waals surface area contributed by atoms with Gasteiger partial charge >= 0.3 is 0 Å². The number of terminal acetylenes is 1. The summed E-state index contributed by atoms with van der Waals surface area (Å²) in [5, 5.41) is 0.595. The highest BCUT2D eigenvalue weighted by Crippen LogP contribution is 2.26. The fraction of sp³-hybridized carbons (Fsp3) is 0. The molecule has 0 aliphatic heterocycles. The number of benzene rings is 2. The Balaban J connectivity index is 2.25. The van der Waals surface area contributed by atoms with Crippen molar-refractivity contribution in [1.29, 1.82) is 0 Å². The van der Waals surface area contributed by atoms with Crippen LogP contribution in [-0.4, -0.2) is 0 Å². The zero-order valence-corrected chi connectivity index (χ0v) is 10.1.